The molecule has 0 unspecified atom stereocenters. The predicted octanol–water partition coefficient (Wildman–Crippen LogP) is 2.95. The minimum atomic E-state index is 0.00793. The maximum atomic E-state index is 12.1. The van der Waals surface area contributed by atoms with Crippen LogP contribution in [0.2, 0.25) is 0 Å². The van der Waals surface area contributed by atoms with Crippen LogP contribution in [0.5, 0.6) is 0 Å². The Labute approximate surface area is 136 Å². The fourth-order valence-electron chi connectivity index (χ4n) is 2.86. The Morgan fingerprint density at radius 3 is 2.61 bits per heavy atom. The zero-order valence-corrected chi connectivity index (χ0v) is 13.0. The summed E-state index contributed by atoms with van der Waals surface area (Å²) in [5, 5.41) is 11.6. The van der Waals surface area contributed by atoms with Crippen LogP contribution in [0.3, 0.4) is 0 Å². The zero-order valence-electron chi connectivity index (χ0n) is 13.0. The van der Waals surface area contributed by atoms with Gasteiger partial charge in [-0.25, -0.2) is 0 Å². The molecule has 23 heavy (non-hydrogen) atoms. The Morgan fingerprint density at radius 2 is 1.87 bits per heavy atom. The number of nitriles is 1. The summed E-state index contributed by atoms with van der Waals surface area (Å²) < 4.78 is 0. The third-order valence-corrected chi connectivity index (χ3v) is 4.16. The molecule has 0 atom stereocenters. The van der Waals surface area contributed by atoms with Crippen LogP contribution in [-0.2, 0) is 17.8 Å². The van der Waals surface area contributed by atoms with E-state index in [0.29, 0.717) is 12.0 Å². The molecule has 116 valence electrons. The van der Waals surface area contributed by atoms with E-state index in [0.717, 1.165) is 31.7 Å². The Kier molecular flexibility index (Phi) is 4.70. The molecule has 1 aliphatic rings. The normalized spacial score (nSPS) is 13.9. The number of anilines is 1. The van der Waals surface area contributed by atoms with E-state index in [1.807, 2.05) is 0 Å². The molecule has 3 rings (SSSR count). The highest BCUT2D eigenvalue weighted by molar-refractivity contribution is 5.90. The summed E-state index contributed by atoms with van der Waals surface area (Å²) in [4.78, 5) is 14.4. The topological polar surface area (TPSA) is 56.1 Å². The molecule has 1 N–H and O–H groups in total. The van der Waals surface area contributed by atoms with Crippen molar-refractivity contribution in [2.75, 3.05) is 18.4 Å². The number of benzene rings is 2. The van der Waals surface area contributed by atoms with Gasteiger partial charge in [0.05, 0.1) is 11.6 Å². The molecule has 0 radical (unpaired) electrons. The third kappa shape index (κ3) is 3.97. The number of fused-ring (bicyclic) bond motifs is 1. The smallest absolute Gasteiger partial charge is 0.225 e. The minimum absolute atomic E-state index is 0.00793. The Hall–Kier alpha value is -2.64. The number of nitrogens with zero attached hydrogens (tertiary/aromatic N) is 2. The SMILES string of the molecule is N#Cc1ccc(NC(=O)CCN2CCc3ccccc3C2)cc1. The van der Waals surface area contributed by atoms with Gasteiger partial charge in [-0.3, -0.25) is 9.69 Å². The first-order chi connectivity index (χ1) is 11.2. The zero-order chi connectivity index (χ0) is 16.1. The lowest BCUT2D eigenvalue weighted by Crippen LogP contribution is -2.33. The van der Waals surface area contributed by atoms with E-state index in [2.05, 4.69) is 40.6 Å². The molecule has 0 saturated carbocycles. The van der Waals surface area contributed by atoms with Gasteiger partial charge in [0.1, 0.15) is 0 Å². The maximum absolute atomic E-state index is 12.1. The van der Waals surface area contributed by atoms with Crippen LogP contribution >= 0.6 is 0 Å². The molecule has 0 aliphatic carbocycles. The third-order valence-electron chi connectivity index (χ3n) is 4.16. The molecule has 0 saturated heterocycles. The predicted molar refractivity (Wildman–Crippen MR) is 89.8 cm³/mol. The molecular weight excluding hydrogens is 286 g/mol. The molecular formula is C19H19N3O. The summed E-state index contributed by atoms with van der Waals surface area (Å²) in [6.45, 7) is 2.68. The molecule has 0 bridgehead atoms. The number of rotatable bonds is 4. The summed E-state index contributed by atoms with van der Waals surface area (Å²) in [6, 6.07) is 17.5. The first-order valence-corrected chi connectivity index (χ1v) is 7.84. The Bertz CT molecular complexity index is 731. The minimum Gasteiger partial charge on any atom is -0.326 e. The number of carbonyl (C=O) groups excluding carboxylic acids is 1. The molecule has 1 aliphatic heterocycles. The first-order valence-electron chi connectivity index (χ1n) is 7.84. The van der Waals surface area contributed by atoms with Crippen molar-refractivity contribution >= 4 is 11.6 Å². The number of nitrogens with one attached hydrogen (secondary N) is 1. The quantitative estimate of drug-likeness (QED) is 0.945. The fourth-order valence-corrected chi connectivity index (χ4v) is 2.86. The summed E-state index contributed by atoms with van der Waals surface area (Å²) in [5.41, 5.74) is 4.12. The van der Waals surface area contributed by atoms with Crippen molar-refractivity contribution in [1.82, 2.24) is 4.90 Å². The van der Waals surface area contributed by atoms with Crippen LogP contribution in [0, 0.1) is 11.3 Å². The van der Waals surface area contributed by atoms with Gasteiger partial charge in [-0.1, -0.05) is 24.3 Å². The molecule has 0 aromatic heterocycles. The van der Waals surface area contributed by atoms with Crippen LogP contribution in [0.1, 0.15) is 23.1 Å². The van der Waals surface area contributed by atoms with Crippen molar-refractivity contribution in [3.8, 4) is 6.07 Å². The summed E-state index contributed by atoms with van der Waals surface area (Å²) in [7, 11) is 0. The van der Waals surface area contributed by atoms with Gasteiger partial charge in [-0.2, -0.15) is 5.26 Å². The molecule has 0 fully saturated rings. The van der Waals surface area contributed by atoms with Crippen LogP contribution in [0.15, 0.2) is 48.5 Å². The summed E-state index contributed by atoms with van der Waals surface area (Å²) in [5.74, 6) is 0.00793. The molecule has 0 spiro atoms. The lowest BCUT2D eigenvalue weighted by Gasteiger charge is -2.28. The lowest BCUT2D eigenvalue weighted by atomic mass is 10.00. The maximum Gasteiger partial charge on any atom is 0.225 e. The van der Waals surface area contributed by atoms with Crippen molar-refractivity contribution in [3.63, 3.8) is 0 Å². The largest absolute Gasteiger partial charge is 0.326 e. The van der Waals surface area contributed by atoms with E-state index < -0.39 is 0 Å². The lowest BCUT2D eigenvalue weighted by molar-refractivity contribution is -0.116. The van der Waals surface area contributed by atoms with E-state index in [1.165, 1.54) is 11.1 Å². The molecule has 4 heteroatoms. The average molecular weight is 305 g/mol. The Balaban J connectivity index is 1.49. The first kappa shape index (κ1) is 15.3. The van der Waals surface area contributed by atoms with E-state index in [-0.39, 0.29) is 5.91 Å². The van der Waals surface area contributed by atoms with Crippen molar-refractivity contribution in [1.29, 1.82) is 5.26 Å². The summed E-state index contributed by atoms with van der Waals surface area (Å²) in [6.07, 6.45) is 1.52. The van der Waals surface area contributed by atoms with Crippen LogP contribution in [0.25, 0.3) is 0 Å². The van der Waals surface area contributed by atoms with Gasteiger partial charge in [-0.15, -0.1) is 0 Å². The average Bonchev–Trinajstić information content (AvgIpc) is 2.60. The van der Waals surface area contributed by atoms with Crippen LogP contribution < -0.4 is 5.32 Å². The van der Waals surface area contributed by atoms with Crippen molar-refractivity contribution < 1.29 is 4.79 Å². The Morgan fingerprint density at radius 1 is 1.13 bits per heavy atom. The van der Waals surface area contributed by atoms with E-state index in [1.54, 1.807) is 24.3 Å². The monoisotopic (exact) mass is 305 g/mol. The standard InChI is InChI=1S/C19H19N3O/c20-13-15-5-7-18(8-6-15)21-19(23)10-12-22-11-9-16-3-1-2-4-17(16)14-22/h1-8H,9-12,14H2,(H,21,23). The van der Waals surface area contributed by atoms with Crippen LogP contribution in [-0.4, -0.2) is 23.9 Å². The van der Waals surface area contributed by atoms with Gasteiger partial charge in [0.2, 0.25) is 5.91 Å². The van der Waals surface area contributed by atoms with E-state index in [4.69, 9.17) is 5.26 Å². The highest BCUT2D eigenvalue weighted by Crippen LogP contribution is 2.18. The van der Waals surface area contributed by atoms with Crippen molar-refractivity contribution in [2.45, 2.75) is 19.4 Å². The number of amides is 1. The highest BCUT2D eigenvalue weighted by Gasteiger charge is 2.16. The van der Waals surface area contributed by atoms with E-state index in [9.17, 15) is 4.79 Å². The van der Waals surface area contributed by atoms with Gasteiger partial charge < -0.3 is 5.32 Å². The number of hydrogen-bond acceptors (Lipinski definition) is 3. The molecule has 1 heterocycles. The fraction of sp³-hybridized carbons (Fsp3) is 0.263. The second-order valence-electron chi connectivity index (χ2n) is 5.78. The number of carbonyl (C=O) groups is 1. The second kappa shape index (κ2) is 7.08. The second-order valence-corrected chi connectivity index (χ2v) is 5.78. The summed E-state index contributed by atoms with van der Waals surface area (Å²) >= 11 is 0. The van der Waals surface area contributed by atoms with Gasteiger partial charge in [0, 0.05) is 31.7 Å². The van der Waals surface area contributed by atoms with Crippen molar-refractivity contribution in [2.24, 2.45) is 0 Å². The van der Waals surface area contributed by atoms with Gasteiger partial charge in [0.15, 0.2) is 0 Å². The van der Waals surface area contributed by atoms with Crippen LogP contribution in [0.4, 0.5) is 5.69 Å². The molecule has 4 nitrogen and oxygen atoms in total. The van der Waals surface area contributed by atoms with Crippen molar-refractivity contribution in [3.05, 3.63) is 65.2 Å². The molecule has 2 aromatic carbocycles. The van der Waals surface area contributed by atoms with Gasteiger partial charge in [-0.05, 0) is 41.8 Å². The molecule has 2 aromatic rings. The van der Waals surface area contributed by atoms with Gasteiger partial charge >= 0.3 is 0 Å². The number of hydrogen-bond donors (Lipinski definition) is 1. The van der Waals surface area contributed by atoms with E-state index >= 15 is 0 Å². The van der Waals surface area contributed by atoms with Gasteiger partial charge in [0.25, 0.3) is 0 Å². The molecule has 1 amide bonds. The highest BCUT2D eigenvalue weighted by atomic mass is 16.1.